The lowest BCUT2D eigenvalue weighted by molar-refractivity contribution is -0.115. The lowest BCUT2D eigenvalue weighted by Gasteiger charge is -2.12. The standard InChI is InChI=1S/C16H19N3O3S/c1-10-13(8-17-19(10)12-4-2-3-5-12)18-15(20)7-11-6-14(16(21)22)23-9-11/h6,8-9,12H,2-5,7H2,1H3,(H,18,20)(H,21,22). The average molecular weight is 333 g/mol. The third kappa shape index (κ3) is 3.44. The number of carbonyl (C=O) groups excluding carboxylic acids is 1. The molecule has 2 aromatic rings. The number of aromatic nitrogens is 2. The fraction of sp³-hybridized carbons (Fsp3) is 0.438. The van der Waals surface area contributed by atoms with Crippen molar-refractivity contribution in [2.24, 2.45) is 0 Å². The van der Waals surface area contributed by atoms with Crippen LogP contribution in [0.4, 0.5) is 5.69 Å². The Labute approximate surface area is 138 Å². The number of amides is 1. The van der Waals surface area contributed by atoms with Crippen molar-refractivity contribution >= 4 is 28.9 Å². The van der Waals surface area contributed by atoms with Gasteiger partial charge in [-0.15, -0.1) is 11.3 Å². The van der Waals surface area contributed by atoms with E-state index in [4.69, 9.17) is 5.11 Å². The Hall–Kier alpha value is -2.15. The van der Waals surface area contributed by atoms with Gasteiger partial charge < -0.3 is 10.4 Å². The Kier molecular flexibility index (Phi) is 4.47. The Morgan fingerprint density at radius 2 is 2.17 bits per heavy atom. The monoisotopic (exact) mass is 333 g/mol. The van der Waals surface area contributed by atoms with Crippen LogP contribution in [-0.4, -0.2) is 26.8 Å². The van der Waals surface area contributed by atoms with E-state index in [0.717, 1.165) is 35.6 Å². The van der Waals surface area contributed by atoms with Gasteiger partial charge in [0.25, 0.3) is 0 Å². The maximum absolute atomic E-state index is 12.2. The molecule has 0 radical (unpaired) electrons. The first-order valence-corrected chi connectivity index (χ1v) is 8.57. The zero-order valence-electron chi connectivity index (χ0n) is 12.9. The first kappa shape index (κ1) is 15.7. The molecule has 1 fully saturated rings. The maximum Gasteiger partial charge on any atom is 0.345 e. The number of thiophene rings is 1. The van der Waals surface area contributed by atoms with Crippen molar-refractivity contribution < 1.29 is 14.7 Å². The minimum Gasteiger partial charge on any atom is -0.477 e. The molecule has 0 atom stereocenters. The van der Waals surface area contributed by atoms with Crippen molar-refractivity contribution in [3.63, 3.8) is 0 Å². The molecular formula is C16H19N3O3S. The van der Waals surface area contributed by atoms with Gasteiger partial charge in [0.05, 0.1) is 30.0 Å². The van der Waals surface area contributed by atoms with Crippen LogP contribution in [0.15, 0.2) is 17.6 Å². The molecule has 0 bridgehead atoms. The molecule has 122 valence electrons. The number of nitrogens with one attached hydrogen (secondary N) is 1. The highest BCUT2D eigenvalue weighted by Crippen LogP contribution is 2.31. The van der Waals surface area contributed by atoms with E-state index in [1.165, 1.54) is 12.8 Å². The van der Waals surface area contributed by atoms with Crippen molar-refractivity contribution in [1.29, 1.82) is 0 Å². The zero-order chi connectivity index (χ0) is 16.4. The van der Waals surface area contributed by atoms with Gasteiger partial charge >= 0.3 is 5.97 Å². The molecule has 0 saturated heterocycles. The summed E-state index contributed by atoms with van der Waals surface area (Å²) in [5.41, 5.74) is 2.42. The summed E-state index contributed by atoms with van der Waals surface area (Å²) in [4.78, 5) is 23.3. The van der Waals surface area contributed by atoms with Gasteiger partial charge in [-0.25, -0.2) is 4.79 Å². The second-order valence-electron chi connectivity index (χ2n) is 5.88. The topological polar surface area (TPSA) is 84.2 Å². The van der Waals surface area contributed by atoms with Crippen LogP contribution in [-0.2, 0) is 11.2 Å². The Morgan fingerprint density at radius 1 is 1.43 bits per heavy atom. The largest absolute Gasteiger partial charge is 0.477 e. The highest BCUT2D eigenvalue weighted by Gasteiger charge is 2.21. The van der Waals surface area contributed by atoms with Gasteiger partial charge in [0.15, 0.2) is 0 Å². The molecule has 0 unspecified atom stereocenters. The molecule has 1 amide bonds. The summed E-state index contributed by atoms with van der Waals surface area (Å²) in [6, 6.07) is 1.98. The summed E-state index contributed by atoms with van der Waals surface area (Å²) in [6.45, 7) is 1.97. The van der Waals surface area contributed by atoms with E-state index in [2.05, 4.69) is 10.4 Å². The van der Waals surface area contributed by atoms with Gasteiger partial charge in [0.1, 0.15) is 4.88 Å². The summed E-state index contributed by atoms with van der Waals surface area (Å²) >= 11 is 1.13. The molecule has 1 aliphatic rings. The molecule has 1 aliphatic carbocycles. The predicted molar refractivity (Wildman–Crippen MR) is 88.1 cm³/mol. The first-order valence-electron chi connectivity index (χ1n) is 7.69. The second-order valence-corrected chi connectivity index (χ2v) is 6.79. The first-order chi connectivity index (χ1) is 11.0. The normalized spacial score (nSPS) is 15.0. The van der Waals surface area contributed by atoms with Crippen molar-refractivity contribution in [3.8, 4) is 0 Å². The summed E-state index contributed by atoms with van der Waals surface area (Å²) < 4.78 is 2.01. The highest BCUT2D eigenvalue weighted by molar-refractivity contribution is 7.12. The third-order valence-corrected chi connectivity index (χ3v) is 5.19. The van der Waals surface area contributed by atoms with Gasteiger partial charge in [-0.05, 0) is 36.8 Å². The summed E-state index contributed by atoms with van der Waals surface area (Å²) in [7, 11) is 0. The molecular weight excluding hydrogens is 314 g/mol. The summed E-state index contributed by atoms with van der Waals surface area (Å²) in [6.07, 6.45) is 6.61. The van der Waals surface area contributed by atoms with Crippen LogP contribution in [0, 0.1) is 6.92 Å². The molecule has 0 spiro atoms. The Balaban J connectivity index is 1.64. The van der Waals surface area contributed by atoms with Gasteiger partial charge in [-0.1, -0.05) is 12.8 Å². The van der Waals surface area contributed by atoms with Crippen LogP contribution in [0.1, 0.15) is 52.7 Å². The summed E-state index contributed by atoms with van der Waals surface area (Å²) in [5.74, 6) is -1.12. The van der Waals surface area contributed by atoms with Crippen molar-refractivity contribution in [1.82, 2.24) is 9.78 Å². The number of rotatable bonds is 5. The van der Waals surface area contributed by atoms with Crippen molar-refractivity contribution in [2.75, 3.05) is 5.32 Å². The van der Waals surface area contributed by atoms with E-state index in [1.54, 1.807) is 17.6 Å². The smallest absolute Gasteiger partial charge is 0.345 e. The van der Waals surface area contributed by atoms with Crippen LogP contribution in [0.5, 0.6) is 0 Å². The number of nitrogens with zero attached hydrogens (tertiary/aromatic N) is 2. The van der Waals surface area contributed by atoms with E-state index in [-0.39, 0.29) is 17.2 Å². The molecule has 23 heavy (non-hydrogen) atoms. The third-order valence-electron chi connectivity index (χ3n) is 4.22. The Bertz CT molecular complexity index is 729. The van der Waals surface area contributed by atoms with Crippen LogP contribution in [0.3, 0.4) is 0 Å². The quantitative estimate of drug-likeness (QED) is 0.879. The van der Waals surface area contributed by atoms with Crippen LogP contribution >= 0.6 is 11.3 Å². The SMILES string of the molecule is Cc1c(NC(=O)Cc2csc(C(=O)O)c2)cnn1C1CCCC1. The number of hydrogen-bond donors (Lipinski definition) is 2. The van der Waals surface area contributed by atoms with E-state index < -0.39 is 5.97 Å². The molecule has 0 aromatic carbocycles. The lowest BCUT2D eigenvalue weighted by Crippen LogP contribution is -2.15. The number of anilines is 1. The number of carbonyl (C=O) groups is 2. The highest BCUT2D eigenvalue weighted by atomic mass is 32.1. The average Bonchev–Trinajstić information content (AvgIpc) is 3.21. The molecule has 0 aliphatic heterocycles. The van der Waals surface area contributed by atoms with Crippen molar-refractivity contribution in [2.45, 2.75) is 45.1 Å². The molecule has 1 saturated carbocycles. The van der Waals surface area contributed by atoms with Crippen LogP contribution in [0.2, 0.25) is 0 Å². The molecule has 2 heterocycles. The van der Waals surface area contributed by atoms with E-state index in [9.17, 15) is 9.59 Å². The van der Waals surface area contributed by atoms with Crippen molar-refractivity contribution in [3.05, 3.63) is 33.8 Å². The fourth-order valence-corrected chi connectivity index (χ4v) is 3.77. The number of hydrogen-bond acceptors (Lipinski definition) is 4. The van der Waals surface area contributed by atoms with Gasteiger partial charge in [-0.2, -0.15) is 5.10 Å². The number of aromatic carboxylic acids is 1. The van der Waals surface area contributed by atoms with Gasteiger partial charge in [-0.3, -0.25) is 9.48 Å². The number of carboxylic acids is 1. The van der Waals surface area contributed by atoms with Gasteiger partial charge in [0, 0.05) is 0 Å². The maximum atomic E-state index is 12.2. The Morgan fingerprint density at radius 3 is 2.83 bits per heavy atom. The van der Waals surface area contributed by atoms with E-state index in [1.807, 2.05) is 11.6 Å². The fourth-order valence-electron chi connectivity index (χ4n) is 3.02. The predicted octanol–water partition coefficient (Wildman–Crippen LogP) is 3.25. The molecule has 6 nitrogen and oxygen atoms in total. The molecule has 7 heteroatoms. The van der Waals surface area contributed by atoms with E-state index >= 15 is 0 Å². The zero-order valence-corrected chi connectivity index (χ0v) is 13.7. The van der Waals surface area contributed by atoms with E-state index in [0.29, 0.717) is 11.6 Å². The van der Waals surface area contributed by atoms with Crippen LogP contribution < -0.4 is 5.32 Å². The number of carboxylic acid groups (broad SMARTS) is 1. The molecule has 2 aromatic heterocycles. The summed E-state index contributed by atoms with van der Waals surface area (Å²) in [5, 5.41) is 17.9. The van der Waals surface area contributed by atoms with Gasteiger partial charge in [0.2, 0.25) is 5.91 Å². The van der Waals surface area contributed by atoms with Crippen LogP contribution in [0.25, 0.3) is 0 Å². The lowest BCUT2D eigenvalue weighted by atomic mass is 10.2. The molecule has 3 rings (SSSR count). The molecule has 2 N–H and O–H groups in total. The second kappa shape index (κ2) is 6.54. The minimum absolute atomic E-state index is 0.159. The minimum atomic E-state index is -0.963.